The molecule has 0 fully saturated rings. The molecule has 4 rings (SSSR count). The minimum Gasteiger partial charge on any atom is -0.508 e. The molecule has 156 valence electrons. The Balaban J connectivity index is 1.76. The Hall–Kier alpha value is -3.68. The van der Waals surface area contributed by atoms with E-state index < -0.39 is 11.6 Å². The molecule has 0 unspecified atom stereocenters. The van der Waals surface area contributed by atoms with E-state index in [0.717, 1.165) is 15.6 Å². The average molecular weight is 436 g/mol. The lowest BCUT2D eigenvalue weighted by Gasteiger charge is -2.09. The number of hydrogen-bond acceptors (Lipinski definition) is 6. The number of rotatable bonds is 6. The van der Waals surface area contributed by atoms with Crippen LogP contribution in [0.1, 0.15) is 5.56 Å². The summed E-state index contributed by atoms with van der Waals surface area (Å²) in [5.74, 6) is -0.0601. The average Bonchev–Trinajstić information content (AvgIpc) is 3.12. The lowest BCUT2D eigenvalue weighted by atomic mass is 10.1. The lowest BCUT2D eigenvalue weighted by Crippen LogP contribution is -1.91. The second kappa shape index (κ2) is 8.59. The van der Waals surface area contributed by atoms with Gasteiger partial charge in [-0.25, -0.2) is 4.39 Å². The van der Waals surface area contributed by atoms with Crippen molar-refractivity contribution < 1.29 is 29.2 Å². The van der Waals surface area contributed by atoms with E-state index in [2.05, 4.69) is 0 Å². The van der Waals surface area contributed by atoms with Gasteiger partial charge in [0.2, 0.25) is 0 Å². The van der Waals surface area contributed by atoms with E-state index >= 15 is 0 Å². The number of aldehydes is 1. The molecule has 7 heteroatoms. The monoisotopic (exact) mass is 436 g/mol. The Kier molecular flexibility index (Phi) is 5.70. The third-order valence-corrected chi connectivity index (χ3v) is 5.81. The van der Waals surface area contributed by atoms with Gasteiger partial charge in [0.05, 0.1) is 11.5 Å². The summed E-state index contributed by atoms with van der Waals surface area (Å²) in [7, 11) is 0. The molecule has 3 aromatic carbocycles. The molecular formula is C24H17FO5S. The third kappa shape index (κ3) is 4.28. The van der Waals surface area contributed by atoms with Crippen LogP contribution in [0, 0.1) is 5.82 Å². The number of thiophene rings is 1. The second-order valence-electron chi connectivity index (χ2n) is 6.77. The van der Waals surface area contributed by atoms with Gasteiger partial charge in [-0.3, -0.25) is 4.79 Å². The highest BCUT2D eigenvalue weighted by Crippen LogP contribution is 2.47. The molecule has 0 saturated heterocycles. The molecule has 31 heavy (non-hydrogen) atoms. The van der Waals surface area contributed by atoms with Crippen molar-refractivity contribution in [1.29, 1.82) is 0 Å². The smallest absolute Gasteiger partial charge is 0.165 e. The Bertz CT molecular complexity index is 1290. The van der Waals surface area contributed by atoms with Crippen molar-refractivity contribution in [2.45, 2.75) is 0 Å². The molecule has 3 N–H and O–H groups in total. The van der Waals surface area contributed by atoms with Gasteiger partial charge in [-0.05, 0) is 65.7 Å². The van der Waals surface area contributed by atoms with Crippen molar-refractivity contribution in [3.05, 3.63) is 77.6 Å². The van der Waals surface area contributed by atoms with E-state index in [-0.39, 0.29) is 17.9 Å². The maximum Gasteiger partial charge on any atom is 0.165 e. The molecule has 0 radical (unpaired) electrons. The molecule has 1 heterocycles. The quantitative estimate of drug-likeness (QED) is 0.275. The number of fused-ring (bicyclic) bond motifs is 1. The van der Waals surface area contributed by atoms with E-state index in [1.807, 2.05) is 0 Å². The number of carbonyl (C=O) groups is 1. The summed E-state index contributed by atoms with van der Waals surface area (Å²) in [4.78, 5) is 11.5. The molecule has 0 aliphatic rings. The Morgan fingerprint density at radius 2 is 1.81 bits per heavy atom. The standard InChI is InChI=1S/C24H17FO5S/c25-20-10-16(3-8-21(20)29)24-23(19-7-4-17(28)11-22(19)31-24)30-18-5-1-14(2-6-18)9-15(12-26)13-27/h1-12,27-29H,13H2/b15-9+. The summed E-state index contributed by atoms with van der Waals surface area (Å²) in [5.41, 5.74) is 1.52. The van der Waals surface area contributed by atoms with Crippen LogP contribution in [0.3, 0.4) is 0 Å². The van der Waals surface area contributed by atoms with Gasteiger partial charge in [-0.15, -0.1) is 11.3 Å². The van der Waals surface area contributed by atoms with Crippen LogP contribution < -0.4 is 4.74 Å². The van der Waals surface area contributed by atoms with Crippen LogP contribution in [-0.2, 0) is 4.79 Å². The zero-order valence-electron chi connectivity index (χ0n) is 16.1. The van der Waals surface area contributed by atoms with Crippen LogP contribution in [0.25, 0.3) is 26.6 Å². The van der Waals surface area contributed by atoms with E-state index in [1.54, 1.807) is 54.6 Å². The molecule has 4 aromatic rings. The number of hydrogen-bond donors (Lipinski definition) is 3. The zero-order chi connectivity index (χ0) is 22.0. The lowest BCUT2D eigenvalue weighted by molar-refractivity contribution is -0.105. The number of carbonyl (C=O) groups excluding carboxylic acids is 1. The van der Waals surface area contributed by atoms with E-state index in [0.29, 0.717) is 28.2 Å². The van der Waals surface area contributed by atoms with Crippen molar-refractivity contribution in [3.63, 3.8) is 0 Å². The van der Waals surface area contributed by atoms with Gasteiger partial charge >= 0.3 is 0 Å². The normalized spacial score (nSPS) is 11.6. The summed E-state index contributed by atoms with van der Waals surface area (Å²) in [6.07, 6.45) is 2.17. The van der Waals surface area contributed by atoms with Gasteiger partial charge in [0.25, 0.3) is 0 Å². The Labute approximate surface area is 180 Å². The molecule has 5 nitrogen and oxygen atoms in total. The topological polar surface area (TPSA) is 87.0 Å². The second-order valence-corrected chi connectivity index (χ2v) is 7.83. The van der Waals surface area contributed by atoms with Gasteiger partial charge in [-0.2, -0.15) is 0 Å². The Morgan fingerprint density at radius 3 is 2.48 bits per heavy atom. The molecule has 1 aromatic heterocycles. The molecule has 0 bridgehead atoms. The maximum absolute atomic E-state index is 14.0. The van der Waals surface area contributed by atoms with E-state index in [9.17, 15) is 19.4 Å². The number of benzene rings is 3. The van der Waals surface area contributed by atoms with Crippen LogP contribution >= 0.6 is 11.3 Å². The van der Waals surface area contributed by atoms with Crippen molar-refractivity contribution in [1.82, 2.24) is 0 Å². The SMILES string of the molecule is O=C/C(=C\c1ccc(Oc2c(-c3ccc(O)c(F)c3)sc3cc(O)ccc23)cc1)CO. The summed E-state index contributed by atoms with van der Waals surface area (Å²) < 4.78 is 20.9. The van der Waals surface area contributed by atoms with Crippen LogP contribution in [-0.4, -0.2) is 28.2 Å². The zero-order valence-corrected chi connectivity index (χ0v) is 16.9. The first kappa shape index (κ1) is 20.6. The molecule has 0 saturated carbocycles. The fraction of sp³-hybridized carbons (Fsp3) is 0.0417. The summed E-state index contributed by atoms with van der Waals surface area (Å²) >= 11 is 1.33. The molecule has 0 spiro atoms. The Morgan fingerprint density at radius 1 is 1.03 bits per heavy atom. The number of aromatic hydroxyl groups is 2. The fourth-order valence-electron chi connectivity index (χ4n) is 3.08. The molecule has 0 atom stereocenters. The van der Waals surface area contributed by atoms with Crippen molar-refractivity contribution in [3.8, 4) is 33.4 Å². The predicted molar refractivity (Wildman–Crippen MR) is 118 cm³/mol. The fourth-order valence-corrected chi connectivity index (χ4v) is 4.24. The van der Waals surface area contributed by atoms with Crippen molar-refractivity contribution >= 4 is 33.8 Å². The molecule has 0 amide bonds. The highest BCUT2D eigenvalue weighted by atomic mass is 32.1. The van der Waals surface area contributed by atoms with Crippen molar-refractivity contribution in [2.24, 2.45) is 0 Å². The van der Waals surface area contributed by atoms with Crippen LogP contribution in [0.2, 0.25) is 0 Å². The number of aliphatic hydroxyl groups excluding tert-OH is 1. The number of phenols is 2. The van der Waals surface area contributed by atoms with Crippen LogP contribution in [0.5, 0.6) is 23.0 Å². The summed E-state index contributed by atoms with van der Waals surface area (Å²) in [6.45, 7) is -0.345. The minimum absolute atomic E-state index is 0.106. The van der Waals surface area contributed by atoms with E-state index in [1.165, 1.54) is 23.5 Å². The molecule has 0 aliphatic heterocycles. The van der Waals surface area contributed by atoms with Gasteiger partial charge in [-0.1, -0.05) is 12.1 Å². The van der Waals surface area contributed by atoms with Gasteiger partial charge < -0.3 is 20.1 Å². The van der Waals surface area contributed by atoms with E-state index in [4.69, 9.17) is 9.84 Å². The molecule has 0 aliphatic carbocycles. The number of halogens is 1. The first-order valence-electron chi connectivity index (χ1n) is 9.27. The first-order chi connectivity index (χ1) is 15.0. The largest absolute Gasteiger partial charge is 0.508 e. The first-order valence-corrected chi connectivity index (χ1v) is 10.1. The maximum atomic E-state index is 14.0. The van der Waals surface area contributed by atoms with Gasteiger partial charge in [0.1, 0.15) is 17.8 Å². The van der Waals surface area contributed by atoms with Gasteiger partial charge in [0, 0.05) is 15.7 Å². The summed E-state index contributed by atoms with van der Waals surface area (Å²) in [5, 5.41) is 29.2. The van der Waals surface area contributed by atoms with Gasteiger partial charge in [0.15, 0.2) is 17.3 Å². The highest BCUT2D eigenvalue weighted by molar-refractivity contribution is 7.22. The number of phenolic OH excluding ortho intramolecular Hbond substituents is 2. The van der Waals surface area contributed by atoms with Crippen LogP contribution in [0.4, 0.5) is 4.39 Å². The minimum atomic E-state index is -0.741. The summed E-state index contributed by atoms with van der Waals surface area (Å²) in [6, 6.07) is 15.9. The number of ether oxygens (including phenoxy) is 1. The van der Waals surface area contributed by atoms with Crippen molar-refractivity contribution in [2.75, 3.05) is 6.61 Å². The highest BCUT2D eigenvalue weighted by Gasteiger charge is 2.18. The number of aliphatic hydroxyl groups is 1. The third-order valence-electron chi connectivity index (χ3n) is 4.62. The molecular weight excluding hydrogens is 419 g/mol. The van der Waals surface area contributed by atoms with Crippen LogP contribution in [0.15, 0.2) is 66.2 Å². The predicted octanol–water partition coefficient (Wildman–Crippen LogP) is 5.49.